The predicted molar refractivity (Wildman–Crippen MR) is 77.7 cm³/mol. The normalized spacial score (nSPS) is 19.4. The Kier molecular flexibility index (Phi) is 5.97. The third-order valence-corrected chi connectivity index (χ3v) is 4.83. The fourth-order valence-corrected chi connectivity index (χ4v) is 3.40. The van der Waals surface area contributed by atoms with E-state index in [1.807, 2.05) is 30.3 Å². The Morgan fingerprint density at radius 3 is 2.16 bits per heavy atom. The maximum Gasteiger partial charge on any atom is 0.0558 e. The first kappa shape index (κ1) is 14.7. The van der Waals surface area contributed by atoms with Crippen molar-refractivity contribution in [1.29, 1.82) is 0 Å². The van der Waals surface area contributed by atoms with Crippen molar-refractivity contribution < 1.29 is 9.32 Å². The van der Waals surface area contributed by atoms with Gasteiger partial charge in [-0.25, -0.2) is 0 Å². The van der Waals surface area contributed by atoms with Crippen molar-refractivity contribution in [3.05, 3.63) is 30.3 Å². The van der Waals surface area contributed by atoms with E-state index in [1.54, 1.807) is 0 Å². The minimum absolute atomic E-state index is 0.234. The third-order valence-electron chi connectivity index (χ3n) is 3.48. The van der Waals surface area contributed by atoms with Gasteiger partial charge in [0.15, 0.2) is 0 Å². The summed E-state index contributed by atoms with van der Waals surface area (Å²) in [6.45, 7) is 5.89. The summed E-state index contributed by atoms with van der Waals surface area (Å²) in [6.07, 6.45) is 0. The van der Waals surface area contributed by atoms with Crippen LogP contribution in [0.2, 0.25) is 0 Å². The Bertz CT molecular complexity index is 392. The minimum Gasteiger partial charge on any atom is -0.395 e. The van der Waals surface area contributed by atoms with Gasteiger partial charge in [0.25, 0.3) is 0 Å². The van der Waals surface area contributed by atoms with Gasteiger partial charge in [-0.1, -0.05) is 18.2 Å². The highest BCUT2D eigenvalue weighted by Gasteiger charge is 2.16. The first-order chi connectivity index (χ1) is 9.29. The number of nitrogens with zero attached hydrogens (tertiary/aromatic N) is 2. The van der Waals surface area contributed by atoms with Crippen molar-refractivity contribution in [3.63, 3.8) is 0 Å². The molecule has 0 saturated carbocycles. The van der Waals surface area contributed by atoms with E-state index < -0.39 is 10.8 Å². The molecule has 1 aliphatic rings. The standard InChI is InChI=1S/C14H22N2O2S/c17-12-10-15-6-8-16(9-7-15)11-13-19(18)14-4-2-1-3-5-14/h1-5,17H,6-13H2. The van der Waals surface area contributed by atoms with Gasteiger partial charge in [-0.2, -0.15) is 0 Å². The maximum absolute atomic E-state index is 12.1. The summed E-state index contributed by atoms with van der Waals surface area (Å²) in [5, 5.41) is 8.89. The number of hydrogen-bond acceptors (Lipinski definition) is 4. The Morgan fingerprint density at radius 2 is 1.58 bits per heavy atom. The van der Waals surface area contributed by atoms with Crippen molar-refractivity contribution in [2.45, 2.75) is 4.90 Å². The van der Waals surface area contributed by atoms with Crippen molar-refractivity contribution in [1.82, 2.24) is 9.80 Å². The average molecular weight is 282 g/mol. The second-order valence-electron chi connectivity index (χ2n) is 4.77. The van der Waals surface area contributed by atoms with E-state index in [0.717, 1.165) is 44.2 Å². The van der Waals surface area contributed by atoms with E-state index >= 15 is 0 Å². The van der Waals surface area contributed by atoms with Crippen LogP contribution in [0.1, 0.15) is 0 Å². The number of aliphatic hydroxyl groups excluding tert-OH is 1. The van der Waals surface area contributed by atoms with Crippen LogP contribution in [0.5, 0.6) is 0 Å². The van der Waals surface area contributed by atoms with Gasteiger partial charge in [0.1, 0.15) is 0 Å². The molecule has 0 amide bonds. The zero-order chi connectivity index (χ0) is 13.5. The van der Waals surface area contributed by atoms with Gasteiger partial charge in [-0.15, -0.1) is 0 Å². The molecule has 1 N–H and O–H groups in total. The fourth-order valence-electron chi connectivity index (χ4n) is 2.28. The summed E-state index contributed by atoms with van der Waals surface area (Å²) < 4.78 is 12.1. The molecule has 1 unspecified atom stereocenters. The molecule has 0 spiro atoms. The summed E-state index contributed by atoms with van der Waals surface area (Å²) in [6, 6.07) is 9.66. The molecule has 19 heavy (non-hydrogen) atoms. The van der Waals surface area contributed by atoms with E-state index in [1.165, 1.54) is 0 Å². The van der Waals surface area contributed by atoms with Crippen molar-refractivity contribution in [2.24, 2.45) is 0 Å². The molecule has 0 radical (unpaired) electrons. The molecule has 1 atom stereocenters. The Balaban J connectivity index is 1.71. The molecule has 1 aromatic rings. The fraction of sp³-hybridized carbons (Fsp3) is 0.571. The Labute approximate surface area is 117 Å². The number of β-amino-alcohol motifs (C(OH)–C–C–N with tert-alkyl or cyclic N) is 1. The molecule has 0 bridgehead atoms. The van der Waals surface area contributed by atoms with Crippen LogP contribution >= 0.6 is 0 Å². The van der Waals surface area contributed by atoms with Crippen LogP contribution in [0.25, 0.3) is 0 Å². The third kappa shape index (κ3) is 4.69. The lowest BCUT2D eigenvalue weighted by Gasteiger charge is -2.34. The summed E-state index contributed by atoms with van der Waals surface area (Å²) in [5.74, 6) is 0.698. The van der Waals surface area contributed by atoms with Gasteiger partial charge in [0, 0.05) is 49.9 Å². The average Bonchev–Trinajstić information content (AvgIpc) is 2.47. The molecule has 4 nitrogen and oxygen atoms in total. The Morgan fingerprint density at radius 1 is 1.00 bits per heavy atom. The molecule has 106 valence electrons. The lowest BCUT2D eigenvalue weighted by molar-refractivity contribution is 0.117. The van der Waals surface area contributed by atoms with Gasteiger partial charge in [-0.3, -0.25) is 14.0 Å². The van der Waals surface area contributed by atoms with Crippen LogP contribution in [0.3, 0.4) is 0 Å². The van der Waals surface area contributed by atoms with Crippen molar-refractivity contribution in [3.8, 4) is 0 Å². The molecule has 1 fully saturated rings. The summed E-state index contributed by atoms with van der Waals surface area (Å²) in [5.41, 5.74) is 0. The number of hydrogen-bond donors (Lipinski definition) is 1. The number of piperazine rings is 1. The smallest absolute Gasteiger partial charge is 0.0558 e. The van der Waals surface area contributed by atoms with Gasteiger partial charge < -0.3 is 5.11 Å². The molecule has 2 rings (SSSR count). The molecule has 1 aromatic carbocycles. The minimum atomic E-state index is -0.893. The summed E-state index contributed by atoms with van der Waals surface area (Å²) in [4.78, 5) is 5.54. The highest BCUT2D eigenvalue weighted by Crippen LogP contribution is 2.07. The van der Waals surface area contributed by atoms with E-state index in [9.17, 15) is 4.21 Å². The monoisotopic (exact) mass is 282 g/mol. The maximum atomic E-state index is 12.1. The summed E-state index contributed by atoms with van der Waals surface area (Å²) >= 11 is 0. The van der Waals surface area contributed by atoms with E-state index in [-0.39, 0.29) is 6.61 Å². The number of aliphatic hydroxyl groups is 1. The van der Waals surface area contributed by atoms with Gasteiger partial charge in [0.2, 0.25) is 0 Å². The molecule has 1 heterocycles. The van der Waals surface area contributed by atoms with Crippen LogP contribution in [0.15, 0.2) is 35.2 Å². The van der Waals surface area contributed by atoms with Crippen molar-refractivity contribution >= 4 is 10.8 Å². The topological polar surface area (TPSA) is 43.8 Å². The van der Waals surface area contributed by atoms with Crippen LogP contribution in [-0.4, -0.2) is 70.7 Å². The first-order valence-electron chi connectivity index (χ1n) is 6.78. The van der Waals surface area contributed by atoms with E-state index in [2.05, 4.69) is 9.80 Å². The van der Waals surface area contributed by atoms with Crippen LogP contribution in [-0.2, 0) is 10.8 Å². The van der Waals surface area contributed by atoms with Crippen LogP contribution in [0, 0.1) is 0 Å². The summed E-state index contributed by atoms with van der Waals surface area (Å²) in [7, 11) is -0.893. The van der Waals surface area contributed by atoms with Crippen molar-refractivity contribution in [2.75, 3.05) is 51.6 Å². The molecule has 1 saturated heterocycles. The largest absolute Gasteiger partial charge is 0.395 e. The molecule has 0 aliphatic carbocycles. The predicted octanol–water partition coefficient (Wildman–Crippen LogP) is 0.404. The number of rotatable bonds is 6. The highest BCUT2D eigenvalue weighted by atomic mass is 32.2. The van der Waals surface area contributed by atoms with E-state index in [0.29, 0.717) is 5.75 Å². The molecule has 5 heteroatoms. The second kappa shape index (κ2) is 7.75. The lowest BCUT2D eigenvalue weighted by atomic mass is 10.3. The van der Waals surface area contributed by atoms with E-state index in [4.69, 9.17) is 5.11 Å². The molecular weight excluding hydrogens is 260 g/mol. The van der Waals surface area contributed by atoms with Gasteiger partial charge in [0.05, 0.1) is 17.4 Å². The van der Waals surface area contributed by atoms with Gasteiger partial charge >= 0.3 is 0 Å². The van der Waals surface area contributed by atoms with Crippen LogP contribution < -0.4 is 0 Å². The quantitative estimate of drug-likeness (QED) is 0.820. The highest BCUT2D eigenvalue weighted by molar-refractivity contribution is 7.85. The second-order valence-corrected chi connectivity index (χ2v) is 6.34. The number of benzene rings is 1. The first-order valence-corrected chi connectivity index (χ1v) is 8.10. The zero-order valence-electron chi connectivity index (χ0n) is 11.2. The van der Waals surface area contributed by atoms with Gasteiger partial charge in [-0.05, 0) is 12.1 Å². The molecular formula is C14H22N2O2S. The molecule has 0 aromatic heterocycles. The zero-order valence-corrected chi connectivity index (χ0v) is 12.0. The molecule has 1 aliphatic heterocycles. The van der Waals surface area contributed by atoms with Crippen LogP contribution in [0.4, 0.5) is 0 Å². The lowest BCUT2D eigenvalue weighted by Crippen LogP contribution is -2.48. The SMILES string of the molecule is O=S(CCN1CCN(CCO)CC1)c1ccccc1. The Hall–Kier alpha value is -0.750.